The van der Waals surface area contributed by atoms with Crippen LogP contribution in [0.2, 0.25) is 0 Å². The highest BCUT2D eigenvalue weighted by Crippen LogP contribution is 2.24. The molecule has 0 aromatic rings. The fourth-order valence-corrected chi connectivity index (χ4v) is 2.87. The molecule has 2 fully saturated rings. The Bertz CT molecular complexity index is 180. The molecule has 0 bridgehead atoms. The molecule has 3 heteroatoms. The molecule has 2 atom stereocenters. The molecular weight excluding hydrogens is 188 g/mol. The van der Waals surface area contributed by atoms with E-state index in [4.69, 9.17) is 10.5 Å². The molecule has 2 N–H and O–H groups in total. The monoisotopic (exact) mass is 212 g/mol. The van der Waals surface area contributed by atoms with E-state index in [1.165, 1.54) is 45.2 Å². The summed E-state index contributed by atoms with van der Waals surface area (Å²) in [6.45, 7) is 5.37. The number of ether oxygens (including phenoxy) is 1. The van der Waals surface area contributed by atoms with Crippen LogP contribution < -0.4 is 5.73 Å². The quantitative estimate of drug-likeness (QED) is 0.745. The molecule has 0 radical (unpaired) electrons. The van der Waals surface area contributed by atoms with E-state index < -0.39 is 0 Å². The lowest BCUT2D eigenvalue weighted by Gasteiger charge is -2.26. The molecule has 3 nitrogen and oxygen atoms in total. The molecule has 15 heavy (non-hydrogen) atoms. The predicted molar refractivity (Wildman–Crippen MR) is 61.8 cm³/mol. The summed E-state index contributed by atoms with van der Waals surface area (Å²) in [5, 5.41) is 0. The first-order valence-electron chi connectivity index (χ1n) is 6.42. The predicted octanol–water partition coefficient (Wildman–Crippen LogP) is 1.23. The van der Waals surface area contributed by atoms with Crippen molar-refractivity contribution in [3.05, 3.63) is 0 Å². The second kappa shape index (κ2) is 5.83. The highest BCUT2D eigenvalue weighted by molar-refractivity contribution is 4.81. The number of hydrogen-bond donors (Lipinski definition) is 1. The van der Waals surface area contributed by atoms with Gasteiger partial charge < -0.3 is 15.4 Å². The maximum atomic E-state index is 5.58. The largest absolute Gasteiger partial charge is 0.381 e. The van der Waals surface area contributed by atoms with Crippen LogP contribution in [-0.2, 0) is 4.74 Å². The molecule has 2 saturated heterocycles. The van der Waals surface area contributed by atoms with Crippen molar-refractivity contribution in [3.63, 3.8) is 0 Å². The summed E-state index contributed by atoms with van der Waals surface area (Å²) in [6, 6.07) is 0.814. The molecule has 2 unspecified atom stereocenters. The Morgan fingerprint density at radius 3 is 3.00 bits per heavy atom. The molecule has 88 valence electrons. The van der Waals surface area contributed by atoms with Crippen LogP contribution in [0.25, 0.3) is 0 Å². The topological polar surface area (TPSA) is 38.5 Å². The van der Waals surface area contributed by atoms with Crippen LogP contribution in [0.3, 0.4) is 0 Å². The standard InChI is InChI=1S/C12H24N2O/c13-6-1-3-12-4-2-7-14(12)9-11-5-8-15-10-11/h11-12H,1-10,13H2. The molecule has 0 aromatic carbocycles. The average molecular weight is 212 g/mol. The van der Waals surface area contributed by atoms with Gasteiger partial charge in [0.05, 0.1) is 6.61 Å². The highest BCUT2D eigenvalue weighted by atomic mass is 16.5. The first-order valence-corrected chi connectivity index (χ1v) is 6.42. The lowest BCUT2D eigenvalue weighted by atomic mass is 10.1. The number of hydrogen-bond acceptors (Lipinski definition) is 3. The Kier molecular flexibility index (Phi) is 4.42. The van der Waals surface area contributed by atoms with E-state index in [0.29, 0.717) is 0 Å². The zero-order valence-electron chi connectivity index (χ0n) is 9.66. The third kappa shape index (κ3) is 3.16. The van der Waals surface area contributed by atoms with E-state index in [2.05, 4.69) is 4.90 Å². The summed E-state index contributed by atoms with van der Waals surface area (Å²) >= 11 is 0. The molecule has 0 saturated carbocycles. The smallest absolute Gasteiger partial charge is 0.0507 e. The molecule has 0 amide bonds. The molecular formula is C12H24N2O. The van der Waals surface area contributed by atoms with Crippen LogP contribution in [-0.4, -0.2) is 43.8 Å². The average Bonchev–Trinajstić information content (AvgIpc) is 2.87. The van der Waals surface area contributed by atoms with Crippen molar-refractivity contribution in [2.75, 3.05) is 32.8 Å². The van der Waals surface area contributed by atoms with Gasteiger partial charge in [-0.15, -0.1) is 0 Å². The van der Waals surface area contributed by atoms with Crippen LogP contribution in [0.15, 0.2) is 0 Å². The fourth-order valence-electron chi connectivity index (χ4n) is 2.87. The van der Waals surface area contributed by atoms with E-state index >= 15 is 0 Å². The third-order valence-electron chi connectivity index (χ3n) is 3.76. The first kappa shape index (κ1) is 11.4. The van der Waals surface area contributed by atoms with Crippen molar-refractivity contribution in [1.29, 1.82) is 0 Å². The summed E-state index contributed by atoms with van der Waals surface area (Å²) in [6.07, 6.45) is 6.50. The van der Waals surface area contributed by atoms with Gasteiger partial charge in [-0.3, -0.25) is 0 Å². The van der Waals surface area contributed by atoms with Gasteiger partial charge in [0.25, 0.3) is 0 Å². The van der Waals surface area contributed by atoms with Gasteiger partial charge in [0, 0.05) is 19.2 Å². The minimum Gasteiger partial charge on any atom is -0.381 e. The Hall–Kier alpha value is -0.120. The molecule has 2 heterocycles. The molecule has 0 spiro atoms. The van der Waals surface area contributed by atoms with Crippen LogP contribution in [0.5, 0.6) is 0 Å². The normalized spacial score (nSPS) is 32.6. The lowest BCUT2D eigenvalue weighted by molar-refractivity contribution is 0.159. The second-order valence-electron chi connectivity index (χ2n) is 4.95. The van der Waals surface area contributed by atoms with Gasteiger partial charge in [-0.25, -0.2) is 0 Å². The number of likely N-dealkylation sites (tertiary alicyclic amines) is 1. The second-order valence-corrected chi connectivity index (χ2v) is 4.95. The van der Waals surface area contributed by atoms with E-state index in [9.17, 15) is 0 Å². The number of nitrogens with two attached hydrogens (primary N) is 1. The minimum absolute atomic E-state index is 0.795. The molecule has 2 aliphatic rings. The Morgan fingerprint density at radius 2 is 2.27 bits per heavy atom. The Morgan fingerprint density at radius 1 is 1.33 bits per heavy atom. The van der Waals surface area contributed by atoms with Crippen LogP contribution in [0, 0.1) is 5.92 Å². The van der Waals surface area contributed by atoms with Gasteiger partial charge >= 0.3 is 0 Å². The Labute approximate surface area is 93.0 Å². The summed E-state index contributed by atoms with van der Waals surface area (Å²) in [7, 11) is 0. The highest BCUT2D eigenvalue weighted by Gasteiger charge is 2.27. The van der Waals surface area contributed by atoms with Crippen LogP contribution in [0.1, 0.15) is 32.1 Å². The van der Waals surface area contributed by atoms with Gasteiger partial charge in [0.1, 0.15) is 0 Å². The SMILES string of the molecule is NCCCC1CCCN1CC1CCOC1. The number of nitrogens with zero attached hydrogens (tertiary/aromatic N) is 1. The van der Waals surface area contributed by atoms with Gasteiger partial charge in [-0.2, -0.15) is 0 Å². The van der Waals surface area contributed by atoms with Crippen molar-refractivity contribution >= 4 is 0 Å². The van der Waals surface area contributed by atoms with Crippen LogP contribution in [0.4, 0.5) is 0 Å². The zero-order valence-corrected chi connectivity index (χ0v) is 9.66. The first-order chi connectivity index (χ1) is 7.40. The number of rotatable bonds is 5. The van der Waals surface area contributed by atoms with Gasteiger partial charge in [0.2, 0.25) is 0 Å². The van der Waals surface area contributed by atoms with Crippen molar-refractivity contribution in [3.8, 4) is 0 Å². The molecule has 2 rings (SSSR count). The van der Waals surface area contributed by atoms with Crippen molar-refractivity contribution in [1.82, 2.24) is 4.90 Å². The summed E-state index contributed by atoms with van der Waals surface area (Å²) < 4.78 is 5.44. The van der Waals surface area contributed by atoms with Crippen molar-refractivity contribution in [2.24, 2.45) is 11.7 Å². The summed E-state index contributed by atoms with van der Waals surface area (Å²) in [5.74, 6) is 0.795. The van der Waals surface area contributed by atoms with Gasteiger partial charge in [-0.1, -0.05) is 0 Å². The van der Waals surface area contributed by atoms with Gasteiger partial charge in [0.15, 0.2) is 0 Å². The van der Waals surface area contributed by atoms with Crippen molar-refractivity contribution in [2.45, 2.75) is 38.1 Å². The molecule has 2 aliphatic heterocycles. The maximum Gasteiger partial charge on any atom is 0.0507 e. The third-order valence-corrected chi connectivity index (χ3v) is 3.76. The van der Waals surface area contributed by atoms with E-state index in [1.807, 2.05) is 0 Å². The Balaban J connectivity index is 1.74. The van der Waals surface area contributed by atoms with E-state index in [0.717, 1.165) is 31.7 Å². The summed E-state index contributed by atoms with van der Waals surface area (Å²) in [4.78, 5) is 2.68. The molecule has 0 aromatic heterocycles. The van der Waals surface area contributed by atoms with Gasteiger partial charge in [-0.05, 0) is 51.1 Å². The minimum atomic E-state index is 0.795. The zero-order chi connectivity index (χ0) is 10.5. The van der Waals surface area contributed by atoms with Crippen LogP contribution >= 0.6 is 0 Å². The summed E-state index contributed by atoms with van der Waals surface area (Å²) in [5.41, 5.74) is 5.58. The molecule has 0 aliphatic carbocycles. The van der Waals surface area contributed by atoms with E-state index in [-0.39, 0.29) is 0 Å². The lowest BCUT2D eigenvalue weighted by Crippen LogP contribution is -2.34. The van der Waals surface area contributed by atoms with Crippen molar-refractivity contribution < 1.29 is 4.74 Å². The van der Waals surface area contributed by atoms with E-state index in [1.54, 1.807) is 0 Å². The fraction of sp³-hybridized carbons (Fsp3) is 1.00. The maximum absolute atomic E-state index is 5.58.